The van der Waals surface area contributed by atoms with E-state index >= 15 is 0 Å². The monoisotopic (exact) mass is 484 g/mol. The minimum atomic E-state index is 0.914. The summed E-state index contributed by atoms with van der Waals surface area (Å²) in [5, 5.41) is 4.83. The first-order valence-electron chi connectivity index (χ1n) is 13.2. The Balaban J connectivity index is 0.00000123. The number of hydrogen-bond donors (Lipinski definition) is 0. The van der Waals surface area contributed by atoms with E-state index < -0.39 is 0 Å². The molecule has 3 nitrogen and oxygen atoms in total. The molecule has 2 heterocycles. The largest absolute Gasteiger partial charge is 0.456 e. The standard InChI is InChI=1S/C32H26N2O.C2H6/c1-21-9-3-6-12-28(21)33(2)22-15-17-26-27-19-23(16-18-31(27)35-32(26)20-22)34-29-13-7-4-10-24(29)25-11-5-8-14-30(25)34;1-2/h4-8,10-20H,3,9H2,1-2H3;1-2H3. The Morgan fingerprint density at radius 3 is 2.14 bits per heavy atom. The highest BCUT2D eigenvalue weighted by molar-refractivity contribution is 6.10. The molecule has 0 spiro atoms. The van der Waals surface area contributed by atoms with E-state index in [1.54, 1.807) is 0 Å². The van der Waals surface area contributed by atoms with Gasteiger partial charge in [-0.1, -0.05) is 56.3 Å². The molecule has 184 valence electrons. The van der Waals surface area contributed by atoms with Crippen LogP contribution in [0, 0.1) is 0 Å². The zero-order valence-electron chi connectivity index (χ0n) is 22.0. The lowest BCUT2D eigenvalue weighted by Gasteiger charge is -2.25. The molecule has 0 saturated heterocycles. The smallest absolute Gasteiger partial charge is 0.137 e. The van der Waals surface area contributed by atoms with Crippen LogP contribution in [0.3, 0.4) is 0 Å². The zero-order valence-corrected chi connectivity index (χ0v) is 22.0. The summed E-state index contributed by atoms with van der Waals surface area (Å²) < 4.78 is 8.69. The highest BCUT2D eigenvalue weighted by Crippen LogP contribution is 2.37. The predicted octanol–water partition coefficient (Wildman–Crippen LogP) is 9.77. The number of para-hydroxylation sites is 2. The molecule has 6 aromatic rings. The number of allylic oxidation sites excluding steroid dienone is 3. The number of rotatable bonds is 3. The molecular formula is C34H32N2O. The van der Waals surface area contributed by atoms with Gasteiger partial charge in [0.25, 0.3) is 0 Å². The molecule has 37 heavy (non-hydrogen) atoms. The Kier molecular flexibility index (Phi) is 5.84. The number of aromatic nitrogens is 1. The van der Waals surface area contributed by atoms with E-state index in [0.29, 0.717) is 0 Å². The van der Waals surface area contributed by atoms with Crippen LogP contribution in [-0.4, -0.2) is 11.6 Å². The summed E-state index contributed by atoms with van der Waals surface area (Å²) in [6.07, 6.45) is 6.74. The van der Waals surface area contributed by atoms with Crippen molar-refractivity contribution >= 4 is 49.4 Å². The zero-order chi connectivity index (χ0) is 25.5. The second kappa shape index (κ2) is 9.33. The van der Waals surface area contributed by atoms with Gasteiger partial charge in [-0.3, -0.25) is 0 Å². The quantitative estimate of drug-likeness (QED) is 0.249. The average Bonchev–Trinajstić information content (AvgIpc) is 3.49. The Bertz CT molecular complexity index is 1780. The first-order chi connectivity index (χ1) is 18.2. The van der Waals surface area contributed by atoms with Crippen molar-refractivity contribution in [1.82, 2.24) is 4.57 Å². The van der Waals surface area contributed by atoms with Crippen molar-refractivity contribution in [3.63, 3.8) is 0 Å². The minimum absolute atomic E-state index is 0.914. The Hall–Kier alpha value is -4.24. The number of hydrogen-bond acceptors (Lipinski definition) is 2. The summed E-state index contributed by atoms with van der Waals surface area (Å²) in [6.45, 7) is 6.23. The highest BCUT2D eigenvalue weighted by Gasteiger charge is 2.16. The van der Waals surface area contributed by atoms with Gasteiger partial charge in [0.2, 0.25) is 0 Å². The Morgan fingerprint density at radius 2 is 1.43 bits per heavy atom. The van der Waals surface area contributed by atoms with Gasteiger partial charge in [-0.25, -0.2) is 0 Å². The van der Waals surface area contributed by atoms with Crippen LogP contribution in [0.2, 0.25) is 0 Å². The molecular weight excluding hydrogens is 452 g/mol. The van der Waals surface area contributed by atoms with Crippen molar-refractivity contribution in [3.05, 3.63) is 108 Å². The van der Waals surface area contributed by atoms with Crippen molar-refractivity contribution in [1.29, 1.82) is 0 Å². The summed E-state index contributed by atoms with van der Waals surface area (Å²) in [4.78, 5) is 2.27. The van der Waals surface area contributed by atoms with E-state index in [9.17, 15) is 0 Å². The molecule has 0 fully saturated rings. The highest BCUT2D eigenvalue weighted by atomic mass is 16.3. The molecule has 0 amide bonds. The lowest BCUT2D eigenvalue weighted by molar-refractivity contribution is 0.669. The second-order valence-corrected chi connectivity index (χ2v) is 9.50. The van der Waals surface area contributed by atoms with Crippen molar-refractivity contribution < 1.29 is 4.42 Å². The molecule has 2 aromatic heterocycles. The van der Waals surface area contributed by atoms with Gasteiger partial charge >= 0.3 is 0 Å². The number of nitrogens with zero attached hydrogens (tertiary/aromatic N) is 2. The van der Waals surface area contributed by atoms with Crippen LogP contribution in [0.5, 0.6) is 0 Å². The van der Waals surface area contributed by atoms with Crippen LogP contribution in [0.15, 0.2) is 113 Å². The first kappa shape index (κ1) is 23.2. The third-order valence-electron chi connectivity index (χ3n) is 7.42. The van der Waals surface area contributed by atoms with E-state index in [2.05, 4.69) is 121 Å². The van der Waals surface area contributed by atoms with Crippen molar-refractivity contribution in [3.8, 4) is 5.69 Å². The number of benzene rings is 4. The second-order valence-electron chi connectivity index (χ2n) is 9.50. The first-order valence-corrected chi connectivity index (χ1v) is 13.2. The molecule has 0 aliphatic heterocycles. The van der Waals surface area contributed by atoms with Gasteiger partial charge in [-0.15, -0.1) is 0 Å². The van der Waals surface area contributed by atoms with Crippen LogP contribution in [0.1, 0.15) is 33.6 Å². The van der Waals surface area contributed by atoms with Crippen molar-refractivity contribution in [2.24, 2.45) is 0 Å². The summed E-state index contributed by atoms with van der Waals surface area (Å²) in [6, 6.07) is 30.4. The van der Waals surface area contributed by atoms with Crippen LogP contribution in [0.25, 0.3) is 49.4 Å². The van der Waals surface area contributed by atoms with Gasteiger partial charge in [0.1, 0.15) is 11.2 Å². The maximum atomic E-state index is 6.33. The topological polar surface area (TPSA) is 21.3 Å². The van der Waals surface area contributed by atoms with Crippen LogP contribution in [0.4, 0.5) is 5.69 Å². The average molecular weight is 485 g/mol. The van der Waals surface area contributed by atoms with E-state index in [4.69, 9.17) is 4.42 Å². The minimum Gasteiger partial charge on any atom is -0.456 e. The molecule has 0 bridgehead atoms. The number of furan rings is 1. The number of likely N-dealkylation sites (N-methyl/N-ethyl adjacent to an activating group) is 1. The third kappa shape index (κ3) is 3.74. The van der Waals surface area contributed by atoms with E-state index in [-0.39, 0.29) is 0 Å². The molecule has 7 rings (SSSR count). The maximum Gasteiger partial charge on any atom is 0.137 e. The summed E-state index contributed by atoms with van der Waals surface area (Å²) in [5.74, 6) is 0. The van der Waals surface area contributed by atoms with Gasteiger partial charge in [0, 0.05) is 51.7 Å². The molecule has 1 aliphatic rings. The van der Waals surface area contributed by atoms with E-state index in [0.717, 1.165) is 46.2 Å². The molecule has 0 saturated carbocycles. The molecule has 0 N–H and O–H groups in total. The number of fused-ring (bicyclic) bond motifs is 6. The fraction of sp³-hybridized carbons (Fsp3) is 0.176. The fourth-order valence-electron chi connectivity index (χ4n) is 5.60. The fourth-order valence-corrected chi connectivity index (χ4v) is 5.60. The van der Waals surface area contributed by atoms with Crippen molar-refractivity contribution in [2.45, 2.75) is 33.6 Å². The molecule has 0 atom stereocenters. The molecule has 3 heteroatoms. The van der Waals surface area contributed by atoms with Gasteiger partial charge in [0.15, 0.2) is 0 Å². The Labute approximate surface area is 217 Å². The van der Waals surface area contributed by atoms with Gasteiger partial charge < -0.3 is 13.9 Å². The lowest BCUT2D eigenvalue weighted by Crippen LogP contribution is -2.17. The SMILES string of the molecule is CC.CC1=C(N(C)c2ccc3c(c2)oc2ccc(-n4c5ccccc5c5ccccc54)cc23)C=CCC1. The van der Waals surface area contributed by atoms with Gasteiger partial charge in [-0.05, 0) is 73.9 Å². The predicted molar refractivity (Wildman–Crippen MR) is 159 cm³/mol. The summed E-state index contributed by atoms with van der Waals surface area (Å²) >= 11 is 0. The van der Waals surface area contributed by atoms with Crippen LogP contribution in [-0.2, 0) is 0 Å². The molecule has 0 unspecified atom stereocenters. The van der Waals surface area contributed by atoms with E-state index in [1.807, 2.05) is 13.8 Å². The van der Waals surface area contributed by atoms with Crippen molar-refractivity contribution in [2.75, 3.05) is 11.9 Å². The van der Waals surface area contributed by atoms with Crippen LogP contribution >= 0.6 is 0 Å². The lowest BCUT2D eigenvalue weighted by atomic mass is 10.0. The molecule has 1 aliphatic carbocycles. The normalized spacial score (nSPS) is 13.5. The third-order valence-corrected chi connectivity index (χ3v) is 7.42. The molecule has 0 radical (unpaired) electrons. The molecule has 4 aromatic carbocycles. The number of anilines is 1. The van der Waals surface area contributed by atoms with Gasteiger partial charge in [0.05, 0.1) is 11.0 Å². The summed E-state index contributed by atoms with van der Waals surface area (Å²) in [7, 11) is 2.14. The van der Waals surface area contributed by atoms with E-state index in [1.165, 1.54) is 33.1 Å². The maximum absolute atomic E-state index is 6.33. The van der Waals surface area contributed by atoms with Gasteiger partial charge in [-0.2, -0.15) is 0 Å². The van der Waals surface area contributed by atoms with Crippen LogP contribution < -0.4 is 4.90 Å². The summed E-state index contributed by atoms with van der Waals surface area (Å²) in [5.41, 5.74) is 9.25. The Morgan fingerprint density at radius 1 is 0.730 bits per heavy atom.